The summed E-state index contributed by atoms with van der Waals surface area (Å²) >= 11 is 0. The molecule has 0 atom stereocenters. The van der Waals surface area contributed by atoms with Gasteiger partial charge in [-0.25, -0.2) is 8.42 Å². The number of amides is 1. The number of aromatic nitrogens is 1. The topological polar surface area (TPSA) is 88.5 Å². The maximum absolute atomic E-state index is 12.9. The van der Waals surface area contributed by atoms with Crippen LogP contribution in [0.1, 0.15) is 30.9 Å². The van der Waals surface area contributed by atoms with Crippen molar-refractivity contribution < 1.29 is 13.2 Å². The van der Waals surface area contributed by atoms with E-state index in [-0.39, 0.29) is 17.3 Å². The Morgan fingerprint density at radius 3 is 2.52 bits per heavy atom. The highest BCUT2D eigenvalue weighted by atomic mass is 32.2. The van der Waals surface area contributed by atoms with Gasteiger partial charge in [0.05, 0.1) is 0 Å². The predicted octanol–water partition coefficient (Wildman–Crippen LogP) is 2.52. The summed E-state index contributed by atoms with van der Waals surface area (Å²) in [7, 11) is -3.88. The normalized spacial score (nSPS) is 16.0. The second-order valence-electron chi connectivity index (χ2n) is 7.69. The van der Waals surface area contributed by atoms with Gasteiger partial charge in [-0.15, -0.1) is 0 Å². The summed E-state index contributed by atoms with van der Waals surface area (Å²) in [5.41, 5.74) is 1.99. The molecule has 0 spiro atoms. The van der Waals surface area contributed by atoms with E-state index in [1.165, 1.54) is 22.6 Å². The highest BCUT2D eigenvalue weighted by Gasteiger charge is 2.30. The molecule has 1 aromatic heterocycles. The Labute approximate surface area is 171 Å². The smallest absolute Gasteiger partial charge is 0.271 e. The quantitative estimate of drug-likeness (QED) is 0.810. The third kappa shape index (κ3) is 4.59. The molecule has 1 aliphatic rings. The van der Waals surface area contributed by atoms with Gasteiger partial charge >= 0.3 is 0 Å². The van der Waals surface area contributed by atoms with Crippen molar-refractivity contribution in [1.82, 2.24) is 8.87 Å². The molecule has 0 radical (unpaired) electrons. The van der Waals surface area contributed by atoms with Crippen LogP contribution in [0.2, 0.25) is 0 Å². The third-order valence-electron chi connectivity index (χ3n) is 5.54. The molecule has 7 nitrogen and oxygen atoms in total. The highest BCUT2D eigenvalue weighted by Crippen LogP contribution is 2.22. The number of nitrogens with zero attached hydrogens (tertiary/aromatic N) is 2. The number of hydrogen-bond donors (Lipinski definition) is 1. The van der Waals surface area contributed by atoms with Crippen LogP contribution in [0.15, 0.2) is 46.2 Å². The number of nitrogens with one attached hydrogen (secondary N) is 1. The number of benzene rings is 1. The van der Waals surface area contributed by atoms with Crippen molar-refractivity contribution >= 4 is 21.6 Å². The van der Waals surface area contributed by atoms with E-state index in [0.717, 1.165) is 28.5 Å². The van der Waals surface area contributed by atoms with Crippen LogP contribution in [0.25, 0.3) is 0 Å². The molecule has 1 aliphatic heterocycles. The van der Waals surface area contributed by atoms with Crippen LogP contribution in [-0.4, -0.2) is 36.3 Å². The molecule has 0 unspecified atom stereocenters. The molecule has 1 aromatic carbocycles. The van der Waals surface area contributed by atoms with Crippen molar-refractivity contribution in [1.29, 1.82) is 0 Å². The van der Waals surface area contributed by atoms with Crippen molar-refractivity contribution in [3.63, 3.8) is 0 Å². The van der Waals surface area contributed by atoms with E-state index < -0.39 is 15.6 Å². The van der Waals surface area contributed by atoms with E-state index in [1.54, 1.807) is 6.07 Å². The Kier molecular flexibility index (Phi) is 6.24. The first kappa shape index (κ1) is 21.3. The van der Waals surface area contributed by atoms with Crippen LogP contribution in [0.5, 0.6) is 0 Å². The van der Waals surface area contributed by atoms with E-state index in [1.807, 2.05) is 26.0 Å². The summed E-state index contributed by atoms with van der Waals surface area (Å²) < 4.78 is 28.4. The van der Waals surface area contributed by atoms with E-state index in [9.17, 15) is 18.0 Å². The van der Waals surface area contributed by atoms with Gasteiger partial charge in [0.1, 0.15) is 11.4 Å². The Morgan fingerprint density at radius 2 is 1.83 bits per heavy atom. The monoisotopic (exact) mass is 417 g/mol. The number of hydrogen-bond acceptors (Lipinski definition) is 4. The van der Waals surface area contributed by atoms with Gasteiger partial charge in [-0.05, 0) is 61.9 Å². The molecule has 1 fully saturated rings. The lowest BCUT2D eigenvalue weighted by Crippen LogP contribution is -2.41. The van der Waals surface area contributed by atoms with Gasteiger partial charge in [-0.3, -0.25) is 9.59 Å². The van der Waals surface area contributed by atoms with Crippen molar-refractivity contribution in [3.8, 4) is 0 Å². The average Bonchev–Trinajstić information content (AvgIpc) is 2.67. The summed E-state index contributed by atoms with van der Waals surface area (Å²) in [5, 5.41) is 2.79. The van der Waals surface area contributed by atoms with Crippen LogP contribution in [0.3, 0.4) is 0 Å². The Bertz CT molecular complexity index is 1070. The molecule has 156 valence electrons. The first-order valence-corrected chi connectivity index (χ1v) is 11.2. The SMILES string of the molecule is Cc1cccc(NC(=O)Cn2cccc(S(=O)(=O)N3CCC(C)CC3)c2=O)c1C. The molecular weight excluding hydrogens is 390 g/mol. The van der Waals surface area contributed by atoms with Crippen LogP contribution in [0, 0.1) is 19.8 Å². The van der Waals surface area contributed by atoms with Gasteiger partial charge in [0.15, 0.2) is 0 Å². The number of carbonyl (C=O) groups excluding carboxylic acids is 1. The van der Waals surface area contributed by atoms with Gasteiger partial charge in [0.2, 0.25) is 15.9 Å². The van der Waals surface area contributed by atoms with Gasteiger partial charge < -0.3 is 9.88 Å². The number of pyridine rings is 1. The molecule has 0 bridgehead atoms. The predicted molar refractivity (Wildman–Crippen MR) is 112 cm³/mol. The number of piperidine rings is 1. The summed E-state index contributed by atoms with van der Waals surface area (Å²) in [6.07, 6.45) is 2.99. The zero-order chi connectivity index (χ0) is 21.2. The van der Waals surface area contributed by atoms with Crippen molar-refractivity contribution in [2.75, 3.05) is 18.4 Å². The standard InChI is InChI=1S/C21H27N3O4S/c1-15-9-12-24(13-10-15)29(27,28)19-8-5-11-23(21(19)26)14-20(25)22-18-7-4-6-16(2)17(18)3/h4-8,11,15H,9-10,12-14H2,1-3H3,(H,22,25). The van der Waals surface area contributed by atoms with Crippen LogP contribution >= 0.6 is 0 Å². The molecule has 3 rings (SSSR count). The fourth-order valence-electron chi connectivity index (χ4n) is 3.43. The Balaban J connectivity index is 1.81. The van der Waals surface area contributed by atoms with E-state index in [0.29, 0.717) is 24.7 Å². The van der Waals surface area contributed by atoms with Gasteiger partial charge in [-0.1, -0.05) is 19.1 Å². The molecule has 0 aliphatic carbocycles. The fraction of sp³-hybridized carbons (Fsp3) is 0.429. The molecule has 2 aromatic rings. The Hall–Kier alpha value is -2.45. The maximum Gasteiger partial charge on any atom is 0.271 e. The summed E-state index contributed by atoms with van der Waals surface area (Å²) in [6.45, 7) is 6.51. The largest absolute Gasteiger partial charge is 0.324 e. The van der Waals surface area contributed by atoms with Gasteiger partial charge in [0, 0.05) is 25.0 Å². The molecule has 8 heteroatoms. The fourth-order valence-corrected chi connectivity index (χ4v) is 4.99. The third-order valence-corrected chi connectivity index (χ3v) is 7.45. The van der Waals surface area contributed by atoms with Crippen molar-refractivity contribution in [2.45, 2.75) is 45.1 Å². The Morgan fingerprint density at radius 1 is 1.14 bits per heavy atom. The minimum atomic E-state index is -3.88. The van der Waals surface area contributed by atoms with Crippen LogP contribution < -0.4 is 10.9 Å². The lowest BCUT2D eigenvalue weighted by molar-refractivity contribution is -0.116. The minimum Gasteiger partial charge on any atom is -0.324 e. The lowest BCUT2D eigenvalue weighted by Gasteiger charge is -2.29. The number of sulfonamides is 1. The second kappa shape index (κ2) is 8.51. The van der Waals surface area contributed by atoms with Crippen LogP contribution in [-0.2, 0) is 21.4 Å². The highest BCUT2D eigenvalue weighted by molar-refractivity contribution is 7.89. The number of anilines is 1. The van der Waals surface area contributed by atoms with E-state index in [4.69, 9.17) is 0 Å². The number of rotatable bonds is 5. The molecule has 29 heavy (non-hydrogen) atoms. The zero-order valence-corrected chi connectivity index (χ0v) is 17.8. The first-order valence-electron chi connectivity index (χ1n) is 9.76. The van der Waals surface area contributed by atoms with Crippen molar-refractivity contribution in [3.05, 3.63) is 58.0 Å². The minimum absolute atomic E-state index is 0.257. The van der Waals surface area contributed by atoms with E-state index >= 15 is 0 Å². The second-order valence-corrected chi connectivity index (χ2v) is 9.59. The maximum atomic E-state index is 12.9. The number of carbonyl (C=O) groups is 1. The lowest BCUT2D eigenvalue weighted by atomic mass is 10.0. The van der Waals surface area contributed by atoms with Crippen LogP contribution in [0.4, 0.5) is 5.69 Å². The van der Waals surface area contributed by atoms with E-state index in [2.05, 4.69) is 12.2 Å². The summed E-state index contributed by atoms with van der Waals surface area (Å²) in [6, 6.07) is 8.39. The molecular formula is C21H27N3O4S. The van der Waals surface area contributed by atoms with Crippen molar-refractivity contribution in [2.24, 2.45) is 5.92 Å². The average molecular weight is 418 g/mol. The summed E-state index contributed by atoms with van der Waals surface area (Å²) in [5.74, 6) is 0.0878. The van der Waals surface area contributed by atoms with Gasteiger partial charge in [-0.2, -0.15) is 4.31 Å². The number of aryl methyl sites for hydroxylation is 1. The molecule has 1 amide bonds. The molecule has 0 saturated carbocycles. The zero-order valence-electron chi connectivity index (χ0n) is 17.0. The summed E-state index contributed by atoms with van der Waals surface area (Å²) in [4.78, 5) is 25.0. The molecule has 1 saturated heterocycles. The molecule has 1 N–H and O–H groups in total. The first-order chi connectivity index (χ1) is 13.7. The van der Waals surface area contributed by atoms with Gasteiger partial charge in [0.25, 0.3) is 5.56 Å². The molecule has 2 heterocycles.